The van der Waals surface area contributed by atoms with Gasteiger partial charge in [-0.2, -0.15) is 0 Å². The molecule has 37 heavy (non-hydrogen) atoms. The molecule has 0 aliphatic carbocycles. The Labute approximate surface area is 219 Å². The molecular formula is C27H37N3O6S. The van der Waals surface area contributed by atoms with Crippen LogP contribution < -0.4 is 19.1 Å². The van der Waals surface area contributed by atoms with E-state index in [9.17, 15) is 18.0 Å². The zero-order valence-electron chi connectivity index (χ0n) is 22.2. The fourth-order valence-electron chi connectivity index (χ4n) is 4.10. The Morgan fingerprint density at radius 2 is 1.65 bits per heavy atom. The molecule has 0 saturated heterocycles. The molecule has 0 radical (unpaired) electrons. The van der Waals surface area contributed by atoms with Crippen molar-refractivity contribution in [1.82, 2.24) is 10.2 Å². The third kappa shape index (κ3) is 7.15. The predicted molar refractivity (Wildman–Crippen MR) is 143 cm³/mol. The average molecular weight is 532 g/mol. The van der Waals surface area contributed by atoms with E-state index in [0.29, 0.717) is 36.8 Å². The number of amides is 2. The number of hydrogen-bond donors (Lipinski definition) is 1. The molecule has 2 amide bonds. The Morgan fingerprint density at radius 1 is 1.00 bits per heavy atom. The molecule has 2 aromatic rings. The van der Waals surface area contributed by atoms with Gasteiger partial charge in [0, 0.05) is 18.7 Å². The summed E-state index contributed by atoms with van der Waals surface area (Å²) in [7, 11) is -3.83. The van der Waals surface area contributed by atoms with Gasteiger partial charge in [-0.3, -0.25) is 13.9 Å². The SMILES string of the molecule is CC[C@@H](C(=O)NC(C)C)N(Cc1ccc(C)cc1)C(=O)CN(c1ccc2c(c1)OCCO2)S(=O)(=O)CC. The third-order valence-electron chi connectivity index (χ3n) is 6.08. The van der Waals surface area contributed by atoms with Crippen LogP contribution in [0.4, 0.5) is 5.69 Å². The number of carbonyl (C=O) groups is 2. The van der Waals surface area contributed by atoms with E-state index in [1.165, 1.54) is 11.8 Å². The lowest BCUT2D eigenvalue weighted by molar-refractivity contribution is -0.140. The Balaban J connectivity index is 1.97. The summed E-state index contributed by atoms with van der Waals surface area (Å²) in [5.41, 5.74) is 2.22. The van der Waals surface area contributed by atoms with Crippen LogP contribution in [0.5, 0.6) is 11.5 Å². The zero-order chi connectivity index (χ0) is 27.2. The maximum atomic E-state index is 13.8. The highest BCUT2D eigenvalue weighted by Gasteiger charge is 2.33. The van der Waals surface area contributed by atoms with Crippen molar-refractivity contribution < 1.29 is 27.5 Å². The van der Waals surface area contributed by atoms with Crippen molar-refractivity contribution in [3.05, 3.63) is 53.6 Å². The molecule has 0 aromatic heterocycles. The Morgan fingerprint density at radius 3 is 2.24 bits per heavy atom. The number of rotatable bonds is 11. The molecule has 0 fully saturated rings. The summed E-state index contributed by atoms with van der Waals surface area (Å²) in [5, 5.41) is 2.89. The maximum absolute atomic E-state index is 13.8. The molecule has 0 unspecified atom stereocenters. The van der Waals surface area contributed by atoms with E-state index in [1.54, 1.807) is 18.2 Å². The molecular weight excluding hydrogens is 494 g/mol. The second-order valence-corrected chi connectivity index (χ2v) is 11.5. The quantitative estimate of drug-likeness (QED) is 0.477. The van der Waals surface area contributed by atoms with E-state index < -0.39 is 28.5 Å². The fraction of sp³-hybridized carbons (Fsp3) is 0.481. The maximum Gasteiger partial charge on any atom is 0.244 e. The fourth-order valence-corrected chi connectivity index (χ4v) is 5.15. The molecule has 1 aliphatic rings. The van der Waals surface area contributed by atoms with Crippen LogP contribution in [-0.2, 0) is 26.2 Å². The second kappa shape index (κ2) is 12.3. The number of ether oxygens (including phenoxy) is 2. The van der Waals surface area contributed by atoms with Gasteiger partial charge in [0.15, 0.2) is 11.5 Å². The van der Waals surface area contributed by atoms with E-state index >= 15 is 0 Å². The van der Waals surface area contributed by atoms with Crippen LogP contribution in [0.2, 0.25) is 0 Å². The van der Waals surface area contributed by atoms with Crippen LogP contribution in [0.25, 0.3) is 0 Å². The first kappa shape index (κ1) is 28.3. The predicted octanol–water partition coefficient (Wildman–Crippen LogP) is 3.25. The summed E-state index contributed by atoms with van der Waals surface area (Å²) in [6, 6.07) is 11.6. The first-order valence-electron chi connectivity index (χ1n) is 12.6. The van der Waals surface area contributed by atoms with E-state index in [-0.39, 0.29) is 24.2 Å². The van der Waals surface area contributed by atoms with Gasteiger partial charge in [0.25, 0.3) is 0 Å². The lowest BCUT2D eigenvalue weighted by atomic mass is 10.1. The van der Waals surface area contributed by atoms with Crippen LogP contribution in [0.1, 0.15) is 45.2 Å². The molecule has 0 bridgehead atoms. The number of hydrogen-bond acceptors (Lipinski definition) is 6. The number of sulfonamides is 1. The van der Waals surface area contributed by atoms with Gasteiger partial charge < -0.3 is 19.7 Å². The molecule has 0 spiro atoms. The first-order chi connectivity index (χ1) is 17.6. The van der Waals surface area contributed by atoms with Crippen LogP contribution in [0.15, 0.2) is 42.5 Å². The van der Waals surface area contributed by atoms with Crippen LogP contribution in [0, 0.1) is 6.92 Å². The third-order valence-corrected chi connectivity index (χ3v) is 7.82. The van der Waals surface area contributed by atoms with Crippen molar-refractivity contribution in [3.63, 3.8) is 0 Å². The summed E-state index contributed by atoms with van der Waals surface area (Å²) in [5.74, 6) is -0.00247. The molecule has 0 saturated carbocycles. The first-order valence-corrected chi connectivity index (χ1v) is 14.2. The number of aryl methyl sites for hydroxylation is 1. The minimum absolute atomic E-state index is 0.104. The number of benzene rings is 2. The Bertz CT molecular complexity index is 1200. The smallest absolute Gasteiger partial charge is 0.244 e. The highest BCUT2D eigenvalue weighted by molar-refractivity contribution is 7.92. The number of fused-ring (bicyclic) bond motifs is 1. The topological polar surface area (TPSA) is 105 Å². The molecule has 1 aliphatic heterocycles. The van der Waals surface area contributed by atoms with Gasteiger partial charge in [-0.1, -0.05) is 36.8 Å². The van der Waals surface area contributed by atoms with Gasteiger partial charge in [-0.15, -0.1) is 0 Å². The van der Waals surface area contributed by atoms with Crippen molar-refractivity contribution >= 4 is 27.5 Å². The number of nitrogens with one attached hydrogen (secondary N) is 1. The largest absolute Gasteiger partial charge is 0.486 e. The standard InChI is InChI=1S/C27H37N3O6S/c1-6-23(27(32)28-19(3)4)29(17-21-10-8-20(5)9-11-21)26(31)18-30(37(33,34)7-2)22-12-13-24-25(16-22)36-15-14-35-24/h8-13,16,19,23H,6-7,14-15,17-18H2,1-5H3,(H,28,32)/t23-/m0/s1. The Kier molecular flexibility index (Phi) is 9.42. The van der Waals surface area contributed by atoms with Crippen molar-refractivity contribution in [2.45, 2.75) is 59.7 Å². The van der Waals surface area contributed by atoms with Crippen LogP contribution in [0.3, 0.4) is 0 Å². The van der Waals surface area contributed by atoms with E-state index in [1.807, 2.05) is 52.0 Å². The van der Waals surface area contributed by atoms with E-state index in [4.69, 9.17) is 9.47 Å². The summed E-state index contributed by atoms with van der Waals surface area (Å²) < 4.78 is 38.6. The second-order valence-electron chi connectivity index (χ2n) is 9.33. The molecule has 3 rings (SSSR count). The zero-order valence-corrected chi connectivity index (χ0v) is 23.0. The van der Waals surface area contributed by atoms with E-state index in [2.05, 4.69) is 5.32 Å². The molecule has 202 valence electrons. The van der Waals surface area contributed by atoms with Gasteiger partial charge in [0.2, 0.25) is 21.8 Å². The molecule has 9 nitrogen and oxygen atoms in total. The highest BCUT2D eigenvalue weighted by atomic mass is 32.2. The average Bonchev–Trinajstić information content (AvgIpc) is 2.87. The van der Waals surface area contributed by atoms with E-state index in [0.717, 1.165) is 15.4 Å². The summed E-state index contributed by atoms with van der Waals surface area (Å²) in [6.07, 6.45) is 0.376. The van der Waals surface area contributed by atoms with Gasteiger partial charge in [0.1, 0.15) is 25.8 Å². The van der Waals surface area contributed by atoms with Crippen LogP contribution >= 0.6 is 0 Å². The number of nitrogens with zero attached hydrogens (tertiary/aromatic N) is 2. The van der Waals surface area contributed by atoms with Crippen LogP contribution in [-0.4, -0.2) is 62.7 Å². The molecule has 1 N–H and O–H groups in total. The summed E-state index contributed by atoms with van der Waals surface area (Å²) in [6.45, 7) is 9.52. The van der Waals surface area contributed by atoms with Gasteiger partial charge in [0.05, 0.1) is 11.4 Å². The minimum Gasteiger partial charge on any atom is -0.486 e. The van der Waals surface area contributed by atoms with Gasteiger partial charge in [-0.25, -0.2) is 8.42 Å². The Hall–Kier alpha value is -3.27. The van der Waals surface area contributed by atoms with Crippen molar-refractivity contribution in [2.75, 3.05) is 29.8 Å². The molecule has 1 atom stereocenters. The van der Waals surface area contributed by atoms with Crippen molar-refractivity contribution in [3.8, 4) is 11.5 Å². The summed E-state index contributed by atoms with van der Waals surface area (Å²) >= 11 is 0. The molecule has 2 aromatic carbocycles. The van der Waals surface area contributed by atoms with Crippen molar-refractivity contribution in [2.24, 2.45) is 0 Å². The monoisotopic (exact) mass is 531 g/mol. The lowest BCUT2D eigenvalue weighted by Crippen LogP contribution is -2.53. The van der Waals surface area contributed by atoms with Gasteiger partial charge in [-0.05, 0) is 51.8 Å². The molecule has 1 heterocycles. The number of anilines is 1. The summed E-state index contributed by atoms with van der Waals surface area (Å²) in [4.78, 5) is 28.4. The minimum atomic E-state index is -3.83. The lowest BCUT2D eigenvalue weighted by Gasteiger charge is -2.33. The normalized spacial score (nSPS) is 13.7. The molecule has 10 heteroatoms. The number of carbonyl (C=O) groups excluding carboxylic acids is 2. The van der Waals surface area contributed by atoms with Gasteiger partial charge >= 0.3 is 0 Å². The highest BCUT2D eigenvalue weighted by Crippen LogP contribution is 2.35. The van der Waals surface area contributed by atoms with Crippen molar-refractivity contribution in [1.29, 1.82) is 0 Å².